The maximum Gasteiger partial charge on any atom is 0.274 e. The third kappa shape index (κ3) is 2.00. The molecule has 0 amide bonds. The van der Waals surface area contributed by atoms with Gasteiger partial charge in [0.05, 0.1) is 4.92 Å². The van der Waals surface area contributed by atoms with Crippen molar-refractivity contribution in [3.63, 3.8) is 0 Å². The first-order chi connectivity index (χ1) is 6.02. The summed E-state index contributed by atoms with van der Waals surface area (Å²) in [6.07, 6.45) is 0. The summed E-state index contributed by atoms with van der Waals surface area (Å²) in [5.41, 5.74) is 5.52. The van der Waals surface area contributed by atoms with Crippen LogP contribution in [0.15, 0.2) is 18.2 Å². The van der Waals surface area contributed by atoms with Crippen LogP contribution in [0.2, 0.25) is 0 Å². The van der Waals surface area contributed by atoms with E-state index in [-0.39, 0.29) is 11.3 Å². The van der Waals surface area contributed by atoms with Crippen LogP contribution in [0.4, 0.5) is 10.1 Å². The monoisotopic (exact) mass is 184 g/mol. The molecular formula is C8H9FN2O2. The summed E-state index contributed by atoms with van der Waals surface area (Å²) < 4.78 is 12.7. The highest BCUT2D eigenvalue weighted by Gasteiger charge is 2.16. The average Bonchev–Trinajstić information content (AvgIpc) is 2.03. The molecule has 13 heavy (non-hydrogen) atoms. The van der Waals surface area contributed by atoms with Gasteiger partial charge in [-0.1, -0.05) is 0 Å². The molecule has 0 fully saturated rings. The minimum atomic E-state index is -0.571. The Morgan fingerprint density at radius 2 is 2.23 bits per heavy atom. The fourth-order valence-corrected chi connectivity index (χ4v) is 1.06. The van der Waals surface area contributed by atoms with Gasteiger partial charge in [-0.2, -0.15) is 0 Å². The van der Waals surface area contributed by atoms with Crippen LogP contribution >= 0.6 is 0 Å². The third-order valence-electron chi connectivity index (χ3n) is 1.68. The van der Waals surface area contributed by atoms with E-state index in [2.05, 4.69) is 0 Å². The van der Waals surface area contributed by atoms with Crippen LogP contribution in [-0.4, -0.2) is 4.92 Å². The normalized spacial score (nSPS) is 12.5. The van der Waals surface area contributed by atoms with E-state index in [0.717, 1.165) is 18.2 Å². The quantitative estimate of drug-likeness (QED) is 0.562. The van der Waals surface area contributed by atoms with Gasteiger partial charge >= 0.3 is 0 Å². The van der Waals surface area contributed by atoms with Crippen molar-refractivity contribution in [1.29, 1.82) is 0 Å². The van der Waals surface area contributed by atoms with Gasteiger partial charge in [0.2, 0.25) is 0 Å². The Hall–Kier alpha value is -1.49. The van der Waals surface area contributed by atoms with Crippen molar-refractivity contribution in [2.75, 3.05) is 0 Å². The van der Waals surface area contributed by atoms with Crippen molar-refractivity contribution in [2.45, 2.75) is 13.0 Å². The van der Waals surface area contributed by atoms with E-state index in [0.29, 0.717) is 0 Å². The Labute approximate surface area is 74.3 Å². The van der Waals surface area contributed by atoms with Gasteiger partial charge in [-0.15, -0.1) is 0 Å². The molecule has 0 aliphatic rings. The molecule has 2 N–H and O–H groups in total. The van der Waals surface area contributed by atoms with Gasteiger partial charge < -0.3 is 5.73 Å². The molecule has 4 nitrogen and oxygen atoms in total. The van der Waals surface area contributed by atoms with E-state index >= 15 is 0 Å². The smallest absolute Gasteiger partial charge is 0.274 e. The van der Waals surface area contributed by atoms with E-state index in [1.165, 1.54) is 0 Å². The van der Waals surface area contributed by atoms with E-state index in [4.69, 9.17) is 5.73 Å². The lowest BCUT2D eigenvalue weighted by Gasteiger charge is -2.05. The molecule has 0 saturated carbocycles. The second-order valence-corrected chi connectivity index (χ2v) is 2.75. The molecule has 0 aliphatic carbocycles. The molecule has 0 aromatic heterocycles. The Morgan fingerprint density at radius 1 is 1.62 bits per heavy atom. The van der Waals surface area contributed by atoms with E-state index in [1.54, 1.807) is 6.92 Å². The number of nitrogens with zero attached hydrogens (tertiary/aromatic N) is 1. The van der Waals surface area contributed by atoms with Crippen LogP contribution in [0.3, 0.4) is 0 Å². The predicted octanol–water partition coefficient (Wildman–Crippen LogP) is 1.75. The SMILES string of the molecule is CC(N)c1cc(F)ccc1[N+](=O)[O-]. The molecule has 1 aromatic rings. The van der Waals surface area contributed by atoms with Crippen LogP contribution in [-0.2, 0) is 0 Å². The summed E-state index contributed by atoms with van der Waals surface area (Å²) in [6, 6.07) is 2.71. The molecule has 0 aliphatic heterocycles. The Morgan fingerprint density at radius 3 is 2.69 bits per heavy atom. The molecule has 0 spiro atoms. The molecule has 0 saturated heterocycles. The Kier molecular flexibility index (Phi) is 2.57. The van der Waals surface area contributed by atoms with Gasteiger partial charge in [-0.25, -0.2) is 4.39 Å². The zero-order valence-corrected chi connectivity index (χ0v) is 7.03. The number of nitrogens with two attached hydrogens (primary N) is 1. The van der Waals surface area contributed by atoms with E-state index < -0.39 is 16.8 Å². The lowest BCUT2D eigenvalue weighted by atomic mass is 10.1. The zero-order chi connectivity index (χ0) is 10.0. The molecule has 1 unspecified atom stereocenters. The number of nitro benzene ring substituents is 1. The third-order valence-corrected chi connectivity index (χ3v) is 1.68. The largest absolute Gasteiger partial charge is 0.324 e. The van der Waals surface area contributed by atoms with E-state index in [1.807, 2.05) is 0 Å². The van der Waals surface area contributed by atoms with Gasteiger partial charge in [0, 0.05) is 17.7 Å². The lowest BCUT2D eigenvalue weighted by Crippen LogP contribution is -2.08. The first-order valence-electron chi connectivity index (χ1n) is 3.72. The fourth-order valence-electron chi connectivity index (χ4n) is 1.06. The second-order valence-electron chi connectivity index (χ2n) is 2.75. The lowest BCUT2D eigenvalue weighted by molar-refractivity contribution is -0.385. The molecule has 70 valence electrons. The number of hydrogen-bond donors (Lipinski definition) is 1. The van der Waals surface area contributed by atoms with Gasteiger partial charge in [-0.3, -0.25) is 10.1 Å². The maximum absolute atomic E-state index is 12.7. The van der Waals surface area contributed by atoms with Crippen LogP contribution in [0.25, 0.3) is 0 Å². The molecule has 5 heteroatoms. The minimum absolute atomic E-state index is 0.142. The molecule has 0 bridgehead atoms. The topological polar surface area (TPSA) is 69.2 Å². The van der Waals surface area contributed by atoms with Crippen molar-refractivity contribution < 1.29 is 9.31 Å². The number of rotatable bonds is 2. The first kappa shape index (κ1) is 9.60. The zero-order valence-electron chi connectivity index (χ0n) is 7.03. The van der Waals surface area contributed by atoms with Crippen molar-refractivity contribution in [2.24, 2.45) is 5.73 Å². The Balaban J connectivity index is 3.26. The van der Waals surface area contributed by atoms with Crippen LogP contribution in [0.5, 0.6) is 0 Å². The fraction of sp³-hybridized carbons (Fsp3) is 0.250. The summed E-state index contributed by atoms with van der Waals surface area (Å²) in [5.74, 6) is -0.516. The summed E-state index contributed by atoms with van der Waals surface area (Å²) >= 11 is 0. The van der Waals surface area contributed by atoms with Crippen molar-refractivity contribution in [3.8, 4) is 0 Å². The highest BCUT2D eigenvalue weighted by atomic mass is 19.1. The molecule has 1 rings (SSSR count). The maximum atomic E-state index is 12.7. The highest BCUT2D eigenvalue weighted by molar-refractivity contribution is 5.41. The first-order valence-corrected chi connectivity index (χ1v) is 3.72. The van der Waals surface area contributed by atoms with Gasteiger partial charge in [0.15, 0.2) is 0 Å². The van der Waals surface area contributed by atoms with Gasteiger partial charge in [0.1, 0.15) is 5.82 Å². The number of hydrogen-bond acceptors (Lipinski definition) is 3. The summed E-state index contributed by atoms with van der Waals surface area (Å²) in [7, 11) is 0. The highest BCUT2D eigenvalue weighted by Crippen LogP contribution is 2.23. The van der Waals surface area contributed by atoms with Crippen molar-refractivity contribution in [3.05, 3.63) is 39.7 Å². The van der Waals surface area contributed by atoms with Crippen LogP contribution in [0, 0.1) is 15.9 Å². The van der Waals surface area contributed by atoms with Crippen molar-refractivity contribution >= 4 is 5.69 Å². The Bertz CT molecular complexity index is 339. The standard InChI is InChI=1S/C8H9FN2O2/c1-5(10)7-4-6(9)2-3-8(7)11(12)13/h2-5H,10H2,1H3. The van der Waals surface area contributed by atoms with E-state index in [9.17, 15) is 14.5 Å². The van der Waals surface area contributed by atoms with Gasteiger partial charge in [0.25, 0.3) is 5.69 Å². The summed E-state index contributed by atoms with van der Waals surface area (Å²) in [6.45, 7) is 1.57. The molecule has 0 radical (unpaired) electrons. The molecule has 0 heterocycles. The number of nitro groups is 1. The number of benzene rings is 1. The molecular weight excluding hydrogens is 175 g/mol. The van der Waals surface area contributed by atoms with Gasteiger partial charge in [-0.05, 0) is 19.1 Å². The summed E-state index contributed by atoms with van der Waals surface area (Å²) in [5, 5.41) is 10.5. The molecule has 1 aromatic carbocycles. The van der Waals surface area contributed by atoms with Crippen LogP contribution < -0.4 is 5.73 Å². The van der Waals surface area contributed by atoms with Crippen molar-refractivity contribution in [1.82, 2.24) is 0 Å². The average molecular weight is 184 g/mol. The minimum Gasteiger partial charge on any atom is -0.324 e. The summed E-state index contributed by atoms with van der Waals surface area (Å²) in [4.78, 5) is 9.89. The second kappa shape index (κ2) is 3.49. The molecule has 1 atom stereocenters. The van der Waals surface area contributed by atoms with Crippen LogP contribution in [0.1, 0.15) is 18.5 Å². The number of halogens is 1. The predicted molar refractivity (Wildman–Crippen MR) is 45.7 cm³/mol.